The minimum absolute atomic E-state index is 0.0855. The lowest BCUT2D eigenvalue weighted by atomic mass is 9.93. The summed E-state index contributed by atoms with van der Waals surface area (Å²) in [6.45, 7) is 2.62. The van der Waals surface area contributed by atoms with Crippen LogP contribution < -0.4 is 15.8 Å². The molecule has 0 bridgehead atoms. The molecule has 1 aliphatic rings. The lowest BCUT2D eigenvalue weighted by Gasteiger charge is -2.43. The minimum atomic E-state index is -0.621. The summed E-state index contributed by atoms with van der Waals surface area (Å²) in [5.74, 6) is 0.223. The van der Waals surface area contributed by atoms with Gasteiger partial charge in [-0.2, -0.15) is 5.26 Å². The van der Waals surface area contributed by atoms with Crippen molar-refractivity contribution >= 4 is 11.8 Å². The Hall–Kier alpha value is -4.19. The summed E-state index contributed by atoms with van der Waals surface area (Å²) in [5, 5.41) is 12.1. The van der Waals surface area contributed by atoms with Crippen molar-refractivity contribution in [3.8, 4) is 11.8 Å². The highest BCUT2D eigenvalue weighted by Gasteiger charge is 2.38. The van der Waals surface area contributed by atoms with E-state index in [4.69, 9.17) is 10.5 Å². The highest BCUT2D eigenvalue weighted by Crippen LogP contribution is 2.27. The van der Waals surface area contributed by atoms with Crippen LogP contribution in [0, 0.1) is 11.3 Å². The van der Waals surface area contributed by atoms with Gasteiger partial charge in [0, 0.05) is 44.3 Å². The second-order valence-corrected chi connectivity index (χ2v) is 10.0. The average molecular weight is 540 g/mol. The van der Waals surface area contributed by atoms with Crippen molar-refractivity contribution < 1.29 is 14.3 Å². The summed E-state index contributed by atoms with van der Waals surface area (Å²) >= 11 is 0. The van der Waals surface area contributed by atoms with E-state index in [9.17, 15) is 14.9 Å². The lowest BCUT2D eigenvalue weighted by molar-refractivity contribution is -0.127. The van der Waals surface area contributed by atoms with Gasteiger partial charge in [0.15, 0.2) is 0 Å². The molecule has 0 saturated carbocycles. The van der Waals surface area contributed by atoms with Crippen LogP contribution in [0.5, 0.6) is 5.75 Å². The van der Waals surface area contributed by atoms with Crippen LogP contribution in [-0.2, 0) is 17.8 Å². The molecule has 8 heteroatoms. The molecule has 1 aliphatic heterocycles. The number of hydrogen-bond donors (Lipinski definition) is 2. The van der Waals surface area contributed by atoms with Gasteiger partial charge in [0.05, 0.1) is 18.7 Å². The number of nitrogens with two attached hydrogens (primary N) is 1. The topological polar surface area (TPSA) is 112 Å². The Labute approximate surface area is 236 Å². The number of likely N-dealkylation sites (tertiary alicyclic amines) is 1. The predicted octanol–water partition coefficient (Wildman–Crippen LogP) is 3.36. The third-order valence-corrected chi connectivity index (χ3v) is 7.41. The molecule has 0 aliphatic carbocycles. The maximum atomic E-state index is 13.6. The van der Waals surface area contributed by atoms with Gasteiger partial charge in [0.1, 0.15) is 11.8 Å². The Bertz CT molecular complexity index is 1310. The first-order valence-electron chi connectivity index (χ1n) is 13.7. The fraction of sp³-hybridized carbons (Fsp3) is 0.344. The molecule has 0 spiro atoms. The van der Waals surface area contributed by atoms with Crippen LogP contribution in [0.4, 0.5) is 0 Å². The van der Waals surface area contributed by atoms with E-state index in [1.54, 1.807) is 36.3 Å². The highest BCUT2D eigenvalue weighted by molar-refractivity contribution is 5.98. The average Bonchev–Trinajstić information content (AvgIpc) is 3.02. The minimum Gasteiger partial charge on any atom is -0.497 e. The molecule has 3 N–H and O–H groups in total. The van der Waals surface area contributed by atoms with E-state index < -0.39 is 6.04 Å². The number of nitrogens with one attached hydrogen (secondary N) is 1. The van der Waals surface area contributed by atoms with Crippen LogP contribution in [0.3, 0.4) is 0 Å². The molecule has 8 nitrogen and oxygen atoms in total. The molecule has 1 unspecified atom stereocenters. The summed E-state index contributed by atoms with van der Waals surface area (Å²) in [6, 6.07) is 26.7. The maximum absolute atomic E-state index is 13.6. The molecule has 1 fully saturated rings. The number of methoxy groups -OCH3 is 1. The van der Waals surface area contributed by atoms with E-state index in [0.717, 1.165) is 24.9 Å². The zero-order chi connectivity index (χ0) is 28.3. The number of nitrogens with zero attached hydrogens (tertiary/aromatic N) is 3. The molecule has 2 atom stereocenters. The summed E-state index contributed by atoms with van der Waals surface area (Å²) in [4.78, 5) is 31.1. The standard InChI is InChI=1S/C32H37N5O3/c1-40-29-9-5-8-27(20-29)32(39)37-19-15-28(21-30(37)31(38)35-17-16-33)36(18-14-24-6-3-2-4-7-24)23-26-12-10-25(22-34)11-13-26/h2-13,20,28,30H,14-19,21,23,33H2,1H3,(H,35,38)/t28?,30-/m1/s1. The molecule has 4 rings (SSSR count). The molecule has 0 radical (unpaired) electrons. The SMILES string of the molecule is COc1cccc(C(=O)N2CCC(N(CCc3ccccc3)Cc3ccc(C#N)cc3)C[C@@H]2C(=O)NCCN)c1. The quantitative estimate of drug-likeness (QED) is 0.387. The third-order valence-electron chi connectivity index (χ3n) is 7.41. The van der Waals surface area contributed by atoms with Gasteiger partial charge in [-0.3, -0.25) is 14.5 Å². The Kier molecular flexibility index (Phi) is 10.3. The molecule has 1 heterocycles. The van der Waals surface area contributed by atoms with Crippen LogP contribution in [0.1, 0.15) is 39.9 Å². The number of carbonyl (C=O) groups is 2. The van der Waals surface area contributed by atoms with Crippen molar-refractivity contribution in [1.82, 2.24) is 15.1 Å². The Morgan fingerprint density at radius 1 is 1.07 bits per heavy atom. The summed E-state index contributed by atoms with van der Waals surface area (Å²) < 4.78 is 5.31. The van der Waals surface area contributed by atoms with Crippen molar-refractivity contribution in [2.24, 2.45) is 5.73 Å². The Morgan fingerprint density at radius 2 is 1.85 bits per heavy atom. The van der Waals surface area contributed by atoms with Crippen molar-refractivity contribution in [2.45, 2.75) is 37.9 Å². The fourth-order valence-electron chi connectivity index (χ4n) is 5.23. The van der Waals surface area contributed by atoms with E-state index in [2.05, 4.69) is 28.4 Å². The summed E-state index contributed by atoms with van der Waals surface area (Å²) in [6.07, 6.45) is 2.11. The van der Waals surface area contributed by atoms with Gasteiger partial charge in [-0.25, -0.2) is 0 Å². The highest BCUT2D eigenvalue weighted by atomic mass is 16.5. The molecule has 3 aromatic rings. The molecular weight excluding hydrogens is 502 g/mol. The van der Waals surface area contributed by atoms with Crippen molar-refractivity contribution in [3.63, 3.8) is 0 Å². The number of carbonyl (C=O) groups excluding carboxylic acids is 2. The van der Waals surface area contributed by atoms with Gasteiger partial charge in [-0.05, 0) is 60.7 Å². The number of ether oxygens (including phenoxy) is 1. The number of benzene rings is 3. The zero-order valence-electron chi connectivity index (χ0n) is 23.0. The number of piperidine rings is 1. The number of amides is 2. The Balaban J connectivity index is 1.57. The molecule has 2 amide bonds. The first kappa shape index (κ1) is 28.8. The molecular formula is C32H37N5O3. The van der Waals surface area contributed by atoms with E-state index >= 15 is 0 Å². The zero-order valence-corrected chi connectivity index (χ0v) is 23.0. The number of rotatable bonds is 11. The van der Waals surface area contributed by atoms with Crippen LogP contribution in [0.15, 0.2) is 78.9 Å². The second-order valence-electron chi connectivity index (χ2n) is 10.0. The van der Waals surface area contributed by atoms with Crippen LogP contribution >= 0.6 is 0 Å². The van der Waals surface area contributed by atoms with Crippen molar-refractivity contribution in [1.29, 1.82) is 5.26 Å². The number of hydrogen-bond acceptors (Lipinski definition) is 6. The first-order chi connectivity index (χ1) is 19.5. The molecule has 208 valence electrons. The van der Waals surface area contributed by atoms with Crippen molar-refractivity contribution in [2.75, 3.05) is 33.3 Å². The van der Waals surface area contributed by atoms with Crippen LogP contribution in [-0.4, -0.2) is 67.0 Å². The van der Waals surface area contributed by atoms with Gasteiger partial charge >= 0.3 is 0 Å². The maximum Gasteiger partial charge on any atom is 0.254 e. The van der Waals surface area contributed by atoms with Crippen LogP contribution in [0.2, 0.25) is 0 Å². The van der Waals surface area contributed by atoms with Gasteiger partial charge in [0.25, 0.3) is 5.91 Å². The molecule has 3 aromatic carbocycles. The molecule has 1 saturated heterocycles. The van der Waals surface area contributed by atoms with Gasteiger partial charge in [-0.15, -0.1) is 0 Å². The van der Waals surface area contributed by atoms with E-state index in [1.165, 1.54) is 5.56 Å². The monoisotopic (exact) mass is 539 g/mol. The van der Waals surface area contributed by atoms with Gasteiger partial charge in [0.2, 0.25) is 5.91 Å². The van der Waals surface area contributed by atoms with E-state index in [0.29, 0.717) is 49.5 Å². The van der Waals surface area contributed by atoms with E-state index in [1.807, 2.05) is 42.5 Å². The lowest BCUT2D eigenvalue weighted by Crippen LogP contribution is -2.57. The molecule has 0 aromatic heterocycles. The first-order valence-corrected chi connectivity index (χ1v) is 13.7. The van der Waals surface area contributed by atoms with Crippen LogP contribution in [0.25, 0.3) is 0 Å². The molecule has 40 heavy (non-hydrogen) atoms. The summed E-state index contributed by atoms with van der Waals surface area (Å²) in [7, 11) is 1.57. The third kappa shape index (κ3) is 7.47. The fourth-order valence-corrected chi connectivity index (χ4v) is 5.23. The predicted molar refractivity (Wildman–Crippen MR) is 155 cm³/mol. The Morgan fingerprint density at radius 3 is 2.55 bits per heavy atom. The van der Waals surface area contributed by atoms with Crippen molar-refractivity contribution in [3.05, 3.63) is 101 Å². The smallest absolute Gasteiger partial charge is 0.254 e. The van der Waals surface area contributed by atoms with E-state index in [-0.39, 0.29) is 17.9 Å². The largest absolute Gasteiger partial charge is 0.497 e. The van der Waals surface area contributed by atoms with Gasteiger partial charge < -0.3 is 20.7 Å². The number of nitriles is 1. The second kappa shape index (κ2) is 14.3. The summed E-state index contributed by atoms with van der Waals surface area (Å²) in [5.41, 5.74) is 9.13. The normalized spacial score (nSPS) is 16.8. The van der Waals surface area contributed by atoms with Gasteiger partial charge in [-0.1, -0.05) is 48.5 Å².